The van der Waals surface area contributed by atoms with Gasteiger partial charge in [0.2, 0.25) is 0 Å². The molecule has 1 heterocycles. The van der Waals surface area contributed by atoms with E-state index in [2.05, 4.69) is 43.0 Å². The molecule has 0 spiro atoms. The van der Waals surface area contributed by atoms with Crippen molar-refractivity contribution in [3.63, 3.8) is 0 Å². The third-order valence-corrected chi connectivity index (χ3v) is 2.79. The molecule has 0 bridgehead atoms. The van der Waals surface area contributed by atoms with Gasteiger partial charge in [0, 0.05) is 18.8 Å². The van der Waals surface area contributed by atoms with Gasteiger partial charge in [0.25, 0.3) is 0 Å². The number of nitrogens with one attached hydrogen (secondary N) is 1. The lowest BCUT2D eigenvalue weighted by Gasteiger charge is -2.22. The molecule has 0 unspecified atom stereocenters. The molecule has 2 aromatic rings. The Kier molecular flexibility index (Phi) is 5.53. The molecule has 1 aromatic carbocycles. The number of aromatic amines is 1. The number of azo groups is 1. The van der Waals surface area contributed by atoms with Crippen molar-refractivity contribution in [1.82, 2.24) is 20.6 Å². The molecule has 0 amide bonds. The van der Waals surface area contributed by atoms with Gasteiger partial charge in [0.1, 0.15) is 0 Å². The van der Waals surface area contributed by atoms with Crippen LogP contribution in [0.4, 0.5) is 17.3 Å². The summed E-state index contributed by atoms with van der Waals surface area (Å²) < 4.78 is 0. The average Bonchev–Trinajstić information content (AvgIpc) is 3.07. The number of benzene rings is 1. The summed E-state index contributed by atoms with van der Waals surface area (Å²) in [6.07, 6.45) is 0.815. The van der Waals surface area contributed by atoms with E-state index in [4.69, 9.17) is 10.5 Å². The van der Waals surface area contributed by atoms with E-state index in [-0.39, 0.29) is 5.95 Å². The van der Waals surface area contributed by atoms with Crippen LogP contribution in [0.5, 0.6) is 0 Å². The van der Waals surface area contributed by atoms with E-state index >= 15 is 0 Å². The first-order valence-electron chi connectivity index (χ1n) is 6.57. The quantitative estimate of drug-likeness (QED) is 0.779. The number of aromatic nitrogens is 4. The molecule has 0 aliphatic heterocycles. The lowest BCUT2D eigenvalue weighted by Crippen LogP contribution is -2.25. The van der Waals surface area contributed by atoms with Gasteiger partial charge in [-0.2, -0.15) is 15.7 Å². The molecule has 1 N–H and O–H groups in total. The maximum absolute atomic E-state index is 8.70. The Balaban J connectivity index is 2.05. The Hall–Kier alpha value is -3.33. The van der Waals surface area contributed by atoms with Crippen LogP contribution in [0.25, 0.3) is 0 Å². The van der Waals surface area contributed by atoms with Gasteiger partial charge in [-0.1, -0.05) is 5.10 Å². The molecule has 22 heavy (non-hydrogen) atoms. The van der Waals surface area contributed by atoms with Gasteiger partial charge < -0.3 is 4.90 Å². The maximum atomic E-state index is 8.70. The molecule has 110 valence electrons. The molecular formula is C13H13N9. The number of rotatable bonds is 7. The fourth-order valence-corrected chi connectivity index (χ4v) is 1.77. The van der Waals surface area contributed by atoms with Crippen LogP contribution in [0.3, 0.4) is 0 Å². The molecule has 0 fully saturated rings. The van der Waals surface area contributed by atoms with Gasteiger partial charge in [-0.15, -0.1) is 15.3 Å². The van der Waals surface area contributed by atoms with Gasteiger partial charge >= 0.3 is 5.95 Å². The van der Waals surface area contributed by atoms with Crippen LogP contribution in [0.15, 0.2) is 34.5 Å². The van der Waals surface area contributed by atoms with E-state index in [0.29, 0.717) is 31.6 Å². The third kappa shape index (κ3) is 4.35. The van der Waals surface area contributed by atoms with Gasteiger partial charge in [0.15, 0.2) is 0 Å². The van der Waals surface area contributed by atoms with E-state index in [1.54, 1.807) is 12.1 Å². The second-order valence-corrected chi connectivity index (χ2v) is 4.23. The first-order chi connectivity index (χ1) is 10.8. The monoisotopic (exact) mass is 295 g/mol. The van der Waals surface area contributed by atoms with Gasteiger partial charge in [-0.05, 0) is 29.5 Å². The Morgan fingerprint density at radius 1 is 1.05 bits per heavy atom. The Labute approximate surface area is 126 Å². The number of tetrazole rings is 1. The molecule has 1 aromatic heterocycles. The van der Waals surface area contributed by atoms with Crippen molar-refractivity contribution in [3.05, 3.63) is 24.3 Å². The fourth-order valence-electron chi connectivity index (χ4n) is 1.77. The molecule has 9 heteroatoms. The highest BCUT2D eigenvalue weighted by molar-refractivity contribution is 5.52. The van der Waals surface area contributed by atoms with Crippen molar-refractivity contribution in [2.75, 3.05) is 18.0 Å². The highest BCUT2D eigenvalue weighted by Gasteiger charge is 2.06. The number of nitrogens with zero attached hydrogens (tertiary/aromatic N) is 8. The van der Waals surface area contributed by atoms with Crippen LogP contribution >= 0.6 is 0 Å². The van der Waals surface area contributed by atoms with Crippen LogP contribution in [0.2, 0.25) is 0 Å². The van der Waals surface area contributed by atoms with Crippen molar-refractivity contribution in [2.45, 2.75) is 12.8 Å². The summed E-state index contributed by atoms with van der Waals surface area (Å²) in [4.78, 5) is 1.99. The summed E-state index contributed by atoms with van der Waals surface area (Å²) in [5.74, 6) is 0.161. The van der Waals surface area contributed by atoms with Gasteiger partial charge in [-0.25, -0.2) is 0 Å². The number of nitriles is 2. The molecule has 2 rings (SSSR count). The van der Waals surface area contributed by atoms with Crippen molar-refractivity contribution in [2.24, 2.45) is 10.2 Å². The second kappa shape index (κ2) is 8.07. The Bertz CT molecular complexity index is 658. The minimum atomic E-state index is 0.161. The number of anilines is 1. The molecule has 0 aliphatic carbocycles. The summed E-state index contributed by atoms with van der Waals surface area (Å²) in [6.45, 7) is 1.17. The number of hydrogen-bond acceptors (Lipinski definition) is 8. The van der Waals surface area contributed by atoms with E-state index in [1.165, 1.54) is 0 Å². The maximum Gasteiger partial charge on any atom is 0.307 e. The van der Waals surface area contributed by atoms with Crippen LogP contribution in [0.1, 0.15) is 12.8 Å². The summed E-state index contributed by atoms with van der Waals surface area (Å²) in [5, 5.41) is 38.2. The third-order valence-electron chi connectivity index (χ3n) is 2.79. The largest absolute Gasteiger partial charge is 0.369 e. The lowest BCUT2D eigenvalue weighted by atomic mass is 10.2. The summed E-state index contributed by atoms with van der Waals surface area (Å²) in [6, 6.07) is 11.6. The number of H-pyrrole nitrogens is 1. The van der Waals surface area contributed by atoms with Crippen LogP contribution in [-0.4, -0.2) is 33.7 Å². The van der Waals surface area contributed by atoms with E-state index in [9.17, 15) is 0 Å². The van der Waals surface area contributed by atoms with E-state index < -0.39 is 0 Å². The highest BCUT2D eigenvalue weighted by Crippen LogP contribution is 2.21. The molecule has 0 saturated heterocycles. The first kappa shape index (κ1) is 15.1. The van der Waals surface area contributed by atoms with Crippen molar-refractivity contribution < 1.29 is 0 Å². The summed E-state index contributed by atoms with van der Waals surface area (Å²) >= 11 is 0. The minimum Gasteiger partial charge on any atom is -0.369 e. The molecule has 0 aliphatic rings. The highest BCUT2D eigenvalue weighted by atomic mass is 15.5. The summed E-state index contributed by atoms with van der Waals surface area (Å²) in [5.41, 5.74) is 1.58. The fraction of sp³-hybridized carbons (Fsp3) is 0.308. The second-order valence-electron chi connectivity index (χ2n) is 4.23. The molecular weight excluding hydrogens is 282 g/mol. The minimum absolute atomic E-state index is 0.161. The average molecular weight is 295 g/mol. The normalized spacial score (nSPS) is 10.3. The van der Waals surface area contributed by atoms with Crippen LogP contribution < -0.4 is 4.90 Å². The molecule has 0 saturated carbocycles. The molecule has 9 nitrogen and oxygen atoms in total. The predicted octanol–water partition coefficient (Wildman–Crippen LogP) is 2.25. The predicted molar refractivity (Wildman–Crippen MR) is 77.5 cm³/mol. The van der Waals surface area contributed by atoms with Crippen molar-refractivity contribution in [3.8, 4) is 12.1 Å². The Morgan fingerprint density at radius 3 is 2.27 bits per heavy atom. The SMILES string of the molecule is N#CCCN(CCC#N)c1ccc(N=Nc2nn[nH]n2)cc1. The van der Waals surface area contributed by atoms with Crippen LogP contribution in [0, 0.1) is 22.7 Å². The molecule has 0 atom stereocenters. The molecule has 0 radical (unpaired) electrons. The van der Waals surface area contributed by atoms with Crippen molar-refractivity contribution >= 4 is 17.3 Å². The summed E-state index contributed by atoms with van der Waals surface area (Å²) in [7, 11) is 0. The van der Waals surface area contributed by atoms with Crippen LogP contribution in [-0.2, 0) is 0 Å². The first-order valence-corrected chi connectivity index (χ1v) is 6.57. The number of hydrogen-bond donors (Lipinski definition) is 1. The van der Waals surface area contributed by atoms with E-state index in [1.807, 2.05) is 17.0 Å². The topological polar surface area (TPSA) is 130 Å². The lowest BCUT2D eigenvalue weighted by molar-refractivity contribution is 0.796. The van der Waals surface area contributed by atoms with Gasteiger partial charge in [-0.3, -0.25) is 0 Å². The zero-order valence-electron chi connectivity index (χ0n) is 11.7. The van der Waals surface area contributed by atoms with Gasteiger partial charge in [0.05, 0.1) is 30.7 Å². The Morgan fingerprint density at radius 2 is 1.73 bits per heavy atom. The zero-order chi connectivity index (χ0) is 15.6. The standard InChI is InChI=1S/C13H13N9/c14-7-1-9-22(10-2-8-15)12-5-3-11(4-6-12)16-17-13-18-20-21-19-13/h3-6H,1-2,9-10H2,(H,18,19,20,21). The van der Waals surface area contributed by atoms with Crippen molar-refractivity contribution in [1.29, 1.82) is 10.5 Å². The zero-order valence-corrected chi connectivity index (χ0v) is 11.7. The van der Waals surface area contributed by atoms with E-state index in [0.717, 1.165) is 5.69 Å². The smallest absolute Gasteiger partial charge is 0.307 e.